The lowest BCUT2D eigenvalue weighted by Crippen LogP contribution is -2.28. The summed E-state index contributed by atoms with van der Waals surface area (Å²) < 4.78 is 6.76. The summed E-state index contributed by atoms with van der Waals surface area (Å²) in [6.07, 6.45) is 0.705. The van der Waals surface area contributed by atoms with E-state index in [2.05, 4.69) is 4.98 Å². The molecule has 1 amide bonds. The Labute approximate surface area is 172 Å². The van der Waals surface area contributed by atoms with Gasteiger partial charge in [-0.1, -0.05) is 30.0 Å². The third kappa shape index (κ3) is 5.01. The molecule has 0 atom stereocenters. The molecule has 2 aromatic heterocycles. The Morgan fingerprint density at radius 3 is 2.86 bits per heavy atom. The second-order valence-corrected chi connectivity index (χ2v) is 8.31. The molecule has 2 heterocycles. The maximum absolute atomic E-state index is 12.9. The summed E-state index contributed by atoms with van der Waals surface area (Å²) in [5.41, 5.74) is 0.570. The summed E-state index contributed by atoms with van der Waals surface area (Å²) in [6.45, 7) is 1.65. The van der Waals surface area contributed by atoms with Crippen LogP contribution in [0.15, 0.2) is 51.7 Å². The van der Waals surface area contributed by atoms with Crippen LogP contribution in [0.3, 0.4) is 0 Å². The van der Waals surface area contributed by atoms with Gasteiger partial charge in [-0.05, 0) is 30.0 Å². The summed E-state index contributed by atoms with van der Waals surface area (Å²) in [4.78, 5) is 32.9. The lowest BCUT2D eigenvalue weighted by atomic mass is 10.2. The molecule has 0 N–H and O–H groups in total. The molecule has 8 heteroatoms. The zero-order chi connectivity index (χ0) is 19.9. The molecule has 0 spiro atoms. The SMILES string of the molecule is COCCCn1c(SCC(=O)N(C)Cc2cccs2)nc2ccccc2c1=O. The molecule has 0 radical (unpaired) electrons. The number of fused-ring (bicyclic) bond motifs is 1. The number of thioether (sulfide) groups is 1. The molecular formula is C20H23N3O3S2. The van der Waals surface area contributed by atoms with Crippen molar-refractivity contribution in [3.8, 4) is 0 Å². The molecule has 0 unspecified atom stereocenters. The molecule has 0 aliphatic heterocycles. The summed E-state index contributed by atoms with van der Waals surface area (Å²) in [5, 5.41) is 3.16. The number of thiophene rings is 1. The van der Waals surface area contributed by atoms with Crippen LogP contribution in [0.1, 0.15) is 11.3 Å². The minimum atomic E-state index is -0.0800. The van der Waals surface area contributed by atoms with Crippen LogP contribution in [0.25, 0.3) is 10.9 Å². The predicted octanol–water partition coefficient (Wildman–Crippen LogP) is 3.25. The number of aromatic nitrogens is 2. The molecule has 1 aromatic carbocycles. The van der Waals surface area contributed by atoms with E-state index in [1.54, 1.807) is 41.0 Å². The van der Waals surface area contributed by atoms with Crippen LogP contribution < -0.4 is 5.56 Å². The first-order valence-corrected chi connectivity index (χ1v) is 10.8. The molecule has 6 nitrogen and oxygen atoms in total. The first-order valence-electron chi connectivity index (χ1n) is 8.98. The second kappa shape index (κ2) is 9.86. The van der Waals surface area contributed by atoms with Crippen LogP contribution in [-0.2, 0) is 22.6 Å². The zero-order valence-electron chi connectivity index (χ0n) is 16.0. The average molecular weight is 418 g/mol. The number of hydrogen-bond acceptors (Lipinski definition) is 6. The van der Waals surface area contributed by atoms with E-state index in [1.807, 2.05) is 35.7 Å². The quantitative estimate of drug-likeness (QED) is 0.304. The highest BCUT2D eigenvalue weighted by Crippen LogP contribution is 2.19. The van der Waals surface area contributed by atoms with Crippen molar-refractivity contribution < 1.29 is 9.53 Å². The van der Waals surface area contributed by atoms with Gasteiger partial charge in [0.05, 0.1) is 23.2 Å². The van der Waals surface area contributed by atoms with Gasteiger partial charge in [0.25, 0.3) is 5.56 Å². The Morgan fingerprint density at radius 2 is 2.11 bits per heavy atom. The van der Waals surface area contributed by atoms with E-state index in [1.165, 1.54) is 11.8 Å². The van der Waals surface area contributed by atoms with Gasteiger partial charge >= 0.3 is 0 Å². The van der Waals surface area contributed by atoms with Crippen molar-refractivity contribution in [1.29, 1.82) is 0 Å². The number of ether oxygens (including phenoxy) is 1. The molecule has 148 valence electrons. The fourth-order valence-corrected chi connectivity index (χ4v) is 4.51. The Hall–Kier alpha value is -2.16. The van der Waals surface area contributed by atoms with E-state index in [-0.39, 0.29) is 17.2 Å². The van der Waals surface area contributed by atoms with E-state index >= 15 is 0 Å². The summed E-state index contributed by atoms with van der Waals surface area (Å²) >= 11 is 2.94. The lowest BCUT2D eigenvalue weighted by Gasteiger charge is -2.17. The van der Waals surface area contributed by atoms with E-state index < -0.39 is 0 Å². The van der Waals surface area contributed by atoms with Gasteiger partial charge in [-0.3, -0.25) is 14.2 Å². The van der Waals surface area contributed by atoms with Gasteiger partial charge in [-0.25, -0.2) is 4.98 Å². The van der Waals surface area contributed by atoms with E-state index in [4.69, 9.17) is 4.74 Å². The molecular weight excluding hydrogens is 394 g/mol. The van der Waals surface area contributed by atoms with Crippen molar-refractivity contribution in [2.24, 2.45) is 0 Å². The third-order valence-corrected chi connectivity index (χ3v) is 6.10. The minimum Gasteiger partial charge on any atom is -0.385 e. The van der Waals surface area contributed by atoms with Crippen molar-refractivity contribution in [2.45, 2.75) is 24.7 Å². The smallest absolute Gasteiger partial charge is 0.262 e. The van der Waals surface area contributed by atoms with Crippen molar-refractivity contribution in [3.05, 3.63) is 57.0 Å². The third-order valence-electron chi connectivity index (χ3n) is 4.28. The molecule has 0 fully saturated rings. The number of para-hydroxylation sites is 1. The van der Waals surface area contributed by atoms with Gasteiger partial charge in [0.1, 0.15) is 0 Å². The largest absolute Gasteiger partial charge is 0.385 e. The van der Waals surface area contributed by atoms with Gasteiger partial charge in [-0.15, -0.1) is 11.3 Å². The number of amides is 1. The van der Waals surface area contributed by atoms with E-state index in [9.17, 15) is 9.59 Å². The van der Waals surface area contributed by atoms with Crippen LogP contribution in [0, 0.1) is 0 Å². The number of nitrogens with zero attached hydrogens (tertiary/aromatic N) is 3. The predicted molar refractivity (Wildman–Crippen MR) is 114 cm³/mol. The average Bonchev–Trinajstić information content (AvgIpc) is 3.21. The molecule has 0 saturated heterocycles. The Kier molecular flexibility index (Phi) is 7.24. The monoisotopic (exact) mass is 417 g/mol. The molecule has 3 aromatic rings. The first-order chi connectivity index (χ1) is 13.6. The molecule has 3 rings (SSSR count). The molecule has 0 aliphatic carbocycles. The maximum atomic E-state index is 12.9. The van der Waals surface area contributed by atoms with Gasteiger partial charge in [0.15, 0.2) is 5.16 Å². The number of benzene rings is 1. The van der Waals surface area contributed by atoms with Crippen molar-refractivity contribution in [2.75, 3.05) is 26.5 Å². The van der Waals surface area contributed by atoms with Crippen LogP contribution in [0.2, 0.25) is 0 Å². The van der Waals surface area contributed by atoms with Crippen LogP contribution >= 0.6 is 23.1 Å². The molecule has 0 saturated carbocycles. The summed E-state index contributed by atoms with van der Waals surface area (Å²) in [6, 6.07) is 11.3. The Bertz CT molecular complexity index is 986. The first kappa shape index (κ1) is 20.6. The number of carbonyl (C=O) groups is 1. The van der Waals surface area contributed by atoms with Crippen LogP contribution in [-0.4, -0.2) is 46.9 Å². The van der Waals surface area contributed by atoms with Gasteiger partial charge in [0.2, 0.25) is 5.91 Å². The standard InChI is InChI=1S/C20H23N3O3S2/c1-22(13-15-7-5-12-27-15)18(24)14-28-20-21-17-9-4-3-8-16(17)19(25)23(20)10-6-11-26-2/h3-5,7-9,12H,6,10-11,13-14H2,1-2H3. The Balaban J connectivity index is 1.77. The summed E-state index contributed by atoms with van der Waals surface area (Å²) in [7, 11) is 3.43. The fraction of sp³-hybridized carbons (Fsp3) is 0.350. The number of rotatable bonds is 9. The van der Waals surface area contributed by atoms with Gasteiger partial charge < -0.3 is 9.64 Å². The van der Waals surface area contributed by atoms with Gasteiger partial charge in [-0.2, -0.15) is 0 Å². The summed E-state index contributed by atoms with van der Waals surface area (Å²) in [5.74, 6) is 0.237. The van der Waals surface area contributed by atoms with Crippen LogP contribution in [0.4, 0.5) is 0 Å². The van der Waals surface area contributed by atoms with Crippen molar-refractivity contribution in [3.63, 3.8) is 0 Å². The highest BCUT2D eigenvalue weighted by Gasteiger charge is 2.15. The van der Waals surface area contributed by atoms with Crippen molar-refractivity contribution >= 4 is 39.9 Å². The van der Waals surface area contributed by atoms with E-state index in [0.717, 1.165) is 4.88 Å². The molecule has 0 aliphatic rings. The zero-order valence-corrected chi connectivity index (χ0v) is 17.6. The van der Waals surface area contributed by atoms with E-state index in [0.29, 0.717) is 42.2 Å². The highest BCUT2D eigenvalue weighted by atomic mass is 32.2. The number of carbonyl (C=O) groups excluding carboxylic acids is 1. The second-order valence-electron chi connectivity index (χ2n) is 6.33. The lowest BCUT2D eigenvalue weighted by molar-refractivity contribution is -0.127. The normalized spacial score (nSPS) is 11.1. The molecule has 28 heavy (non-hydrogen) atoms. The Morgan fingerprint density at radius 1 is 1.29 bits per heavy atom. The number of methoxy groups -OCH3 is 1. The fourth-order valence-electron chi connectivity index (χ4n) is 2.78. The topological polar surface area (TPSA) is 64.4 Å². The van der Waals surface area contributed by atoms with Crippen molar-refractivity contribution in [1.82, 2.24) is 14.5 Å². The molecule has 0 bridgehead atoms. The number of hydrogen-bond donors (Lipinski definition) is 0. The van der Waals surface area contributed by atoms with Crippen LogP contribution in [0.5, 0.6) is 0 Å². The minimum absolute atomic E-state index is 0.00393. The maximum Gasteiger partial charge on any atom is 0.262 e. The van der Waals surface area contributed by atoms with Gasteiger partial charge in [0, 0.05) is 32.2 Å². The highest BCUT2D eigenvalue weighted by molar-refractivity contribution is 7.99.